The first-order valence-corrected chi connectivity index (χ1v) is 7.02. The van der Waals surface area contributed by atoms with E-state index in [0.29, 0.717) is 0 Å². The van der Waals surface area contributed by atoms with Crippen molar-refractivity contribution in [3.8, 4) is 0 Å². The van der Waals surface area contributed by atoms with E-state index in [9.17, 15) is 0 Å². The molecule has 0 spiro atoms. The van der Waals surface area contributed by atoms with E-state index in [1.807, 2.05) is 6.08 Å². The van der Waals surface area contributed by atoms with Crippen LogP contribution in [0.5, 0.6) is 0 Å². The molecule has 0 bridgehead atoms. The second-order valence-electron chi connectivity index (χ2n) is 7.29. The zero-order valence-electron chi connectivity index (χ0n) is 13.6. The van der Waals surface area contributed by atoms with E-state index in [1.165, 1.54) is 21.6 Å². The first-order chi connectivity index (χ1) is 8.59. The van der Waals surface area contributed by atoms with Crippen LogP contribution in [0.4, 0.5) is 0 Å². The van der Waals surface area contributed by atoms with E-state index in [-0.39, 0.29) is 10.8 Å². The highest BCUT2D eigenvalue weighted by molar-refractivity contribution is 5.62. The Morgan fingerprint density at radius 1 is 0.895 bits per heavy atom. The molecule has 0 aliphatic carbocycles. The van der Waals surface area contributed by atoms with Gasteiger partial charge in [0.25, 0.3) is 0 Å². The number of benzene rings is 1. The molecule has 0 atom stereocenters. The SMILES string of the molecule is C=C/C(=c1/cccc/c1=C(/C)C(C)(C)C)C(C)(C)C. The minimum absolute atomic E-state index is 0.107. The van der Waals surface area contributed by atoms with Gasteiger partial charge in [-0.1, -0.05) is 84.0 Å². The Labute approximate surface area is 118 Å². The van der Waals surface area contributed by atoms with Crippen molar-refractivity contribution in [2.75, 3.05) is 0 Å². The molecule has 0 N–H and O–H groups in total. The van der Waals surface area contributed by atoms with Crippen LogP contribution in [0, 0.1) is 10.8 Å². The Bertz CT molecular complexity index is 572. The van der Waals surface area contributed by atoms with Crippen LogP contribution in [0.15, 0.2) is 36.9 Å². The Balaban J connectivity index is 3.95. The first kappa shape index (κ1) is 15.8. The normalized spacial score (nSPS) is 15.9. The third-order valence-corrected chi connectivity index (χ3v) is 3.76. The molecule has 0 aromatic heterocycles. The van der Waals surface area contributed by atoms with Crippen molar-refractivity contribution in [3.05, 3.63) is 47.4 Å². The summed E-state index contributed by atoms with van der Waals surface area (Å²) in [5.74, 6) is 0. The Kier molecular flexibility index (Phi) is 4.45. The molecule has 0 unspecified atom stereocenters. The fourth-order valence-corrected chi connectivity index (χ4v) is 2.27. The topological polar surface area (TPSA) is 0 Å². The number of rotatable bonds is 1. The van der Waals surface area contributed by atoms with Crippen LogP contribution >= 0.6 is 0 Å². The quantitative estimate of drug-likeness (QED) is 0.703. The molecule has 0 saturated carbocycles. The summed E-state index contributed by atoms with van der Waals surface area (Å²) in [6.07, 6.45) is 2.01. The van der Waals surface area contributed by atoms with Crippen LogP contribution in [-0.2, 0) is 0 Å². The van der Waals surface area contributed by atoms with E-state index in [4.69, 9.17) is 0 Å². The second-order valence-corrected chi connectivity index (χ2v) is 7.29. The fraction of sp³-hybridized carbons (Fsp3) is 0.474. The molecule has 0 aliphatic rings. The Morgan fingerprint density at radius 3 is 1.74 bits per heavy atom. The van der Waals surface area contributed by atoms with Gasteiger partial charge >= 0.3 is 0 Å². The van der Waals surface area contributed by atoms with E-state index >= 15 is 0 Å². The Hall–Kier alpha value is -1.30. The highest BCUT2D eigenvalue weighted by Crippen LogP contribution is 2.26. The molecule has 0 radical (unpaired) electrons. The van der Waals surface area contributed by atoms with Crippen molar-refractivity contribution in [1.82, 2.24) is 0 Å². The molecule has 1 aromatic rings. The van der Waals surface area contributed by atoms with Gasteiger partial charge in [-0.3, -0.25) is 0 Å². The zero-order valence-corrected chi connectivity index (χ0v) is 13.6. The van der Waals surface area contributed by atoms with Gasteiger partial charge in [-0.2, -0.15) is 0 Å². The third kappa shape index (κ3) is 3.59. The summed E-state index contributed by atoms with van der Waals surface area (Å²) in [6, 6.07) is 8.68. The molecule has 0 heterocycles. The van der Waals surface area contributed by atoms with Crippen molar-refractivity contribution < 1.29 is 0 Å². The standard InChI is InChI=1S/C19H28/c1-9-17(19(6,7)8)16-13-11-10-12-15(16)14(2)18(3,4)5/h9-13H,1H2,2-8H3/b15-14+,17-16+. The minimum atomic E-state index is 0.107. The van der Waals surface area contributed by atoms with Gasteiger partial charge in [-0.25, -0.2) is 0 Å². The van der Waals surface area contributed by atoms with Crippen molar-refractivity contribution in [1.29, 1.82) is 0 Å². The molecule has 0 nitrogen and oxygen atoms in total. The monoisotopic (exact) mass is 256 g/mol. The summed E-state index contributed by atoms with van der Waals surface area (Å²) in [7, 11) is 0. The lowest BCUT2D eigenvalue weighted by Crippen LogP contribution is -2.34. The average molecular weight is 256 g/mol. The summed E-state index contributed by atoms with van der Waals surface area (Å²) >= 11 is 0. The van der Waals surface area contributed by atoms with Crippen LogP contribution in [0.1, 0.15) is 48.5 Å². The molecule has 19 heavy (non-hydrogen) atoms. The van der Waals surface area contributed by atoms with Crippen LogP contribution in [0.2, 0.25) is 0 Å². The molecular weight excluding hydrogens is 228 g/mol. The van der Waals surface area contributed by atoms with Crippen molar-refractivity contribution >= 4 is 11.1 Å². The van der Waals surface area contributed by atoms with Gasteiger partial charge in [-0.05, 0) is 33.8 Å². The summed E-state index contributed by atoms with van der Waals surface area (Å²) in [4.78, 5) is 0. The van der Waals surface area contributed by atoms with E-state index in [2.05, 4.69) is 79.3 Å². The molecule has 1 aromatic carbocycles. The van der Waals surface area contributed by atoms with Gasteiger partial charge in [0.1, 0.15) is 0 Å². The molecular formula is C19H28. The lowest BCUT2D eigenvalue weighted by atomic mass is 9.82. The minimum Gasteiger partial charge on any atom is -0.0987 e. The van der Waals surface area contributed by atoms with Gasteiger partial charge in [0, 0.05) is 0 Å². The predicted octanol–water partition coefficient (Wildman–Crippen LogP) is 4.29. The van der Waals surface area contributed by atoms with E-state index in [0.717, 1.165) is 0 Å². The molecule has 104 valence electrons. The first-order valence-electron chi connectivity index (χ1n) is 7.02. The maximum atomic E-state index is 4.02. The highest BCUT2D eigenvalue weighted by Gasteiger charge is 2.17. The lowest BCUT2D eigenvalue weighted by Gasteiger charge is -2.23. The van der Waals surface area contributed by atoms with E-state index < -0.39 is 0 Å². The van der Waals surface area contributed by atoms with Gasteiger partial charge in [-0.15, -0.1) is 0 Å². The van der Waals surface area contributed by atoms with Crippen molar-refractivity contribution in [2.45, 2.75) is 48.5 Å². The van der Waals surface area contributed by atoms with Crippen LogP contribution in [0.3, 0.4) is 0 Å². The summed E-state index contributed by atoms with van der Waals surface area (Å²) in [5.41, 5.74) is 3.02. The third-order valence-electron chi connectivity index (χ3n) is 3.76. The summed E-state index contributed by atoms with van der Waals surface area (Å²) in [6.45, 7) is 19.8. The van der Waals surface area contributed by atoms with E-state index in [1.54, 1.807) is 0 Å². The number of hydrogen-bond acceptors (Lipinski definition) is 0. The van der Waals surface area contributed by atoms with Crippen molar-refractivity contribution in [2.24, 2.45) is 10.8 Å². The van der Waals surface area contributed by atoms with Gasteiger partial charge in [0.15, 0.2) is 0 Å². The van der Waals surface area contributed by atoms with Crippen LogP contribution in [-0.4, -0.2) is 0 Å². The van der Waals surface area contributed by atoms with Gasteiger partial charge < -0.3 is 0 Å². The lowest BCUT2D eigenvalue weighted by molar-refractivity contribution is 0.556. The van der Waals surface area contributed by atoms with Crippen LogP contribution in [0.25, 0.3) is 11.1 Å². The highest BCUT2D eigenvalue weighted by atomic mass is 14.2. The molecule has 0 saturated heterocycles. The molecule has 0 aliphatic heterocycles. The second kappa shape index (κ2) is 5.36. The van der Waals surface area contributed by atoms with Gasteiger partial charge in [0.05, 0.1) is 0 Å². The molecule has 0 heteroatoms. The number of hydrogen-bond donors (Lipinski definition) is 0. The largest absolute Gasteiger partial charge is 0.0987 e. The molecule has 0 amide bonds. The summed E-state index contributed by atoms with van der Waals surface area (Å²) in [5, 5.41) is 2.66. The van der Waals surface area contributed by atoms with Crippen molar-refractivity contribution in [3.63, 3.8) is 0 Å². The average Bonchev–Trinajstić information content (AvgIpc) is 2.26. The fourth-order valence-electron chi connectivity index (χ4n) is 2.27. The molecule has 1 rings (SSSR count). The predicted molar refractivity (Wildman–Crippen MR) is 87.3 cm³/mol. The number of allylic oxidation sites excluding steroid dienone is 1. The maximum absolute atomic E-state index is 4.02. The molecule has 0 fully saturated rings. The van der Waals surface area contributed by atoms with Crippen LogP contribution < -0.4 is 10.4 Å². The Morgan fingerprint density at radius 2 is 1.37 bits per heavy atom. The van der Waals surface area contributed by atoms with Gasteiger partial charge in [0.2, 0.25) is 0 Å². The zero-order chi connectivity index (χ0) is 14.8. The summed E-state index contributed by atoms with van der Waals surface area (Å²) < 4.78 is 0. The maximum Gasteiger partial charge on any atom is -0.0126 e. The smallest absolute Gasteiger partial charge is 0.0126 e.